The van der Waals surface area contributed by atoms with Crippen molar-refractivity contribution in [2.24, 2.45) is 5.92 Å². The summed E-state index contributed by atoms with van der Waals surface area (Å²) < 4.78 is 5.15. The number of amides is 1. The average molecular weight is 245 g/mol. The van der Waals surface area contributed by atoms with Gasteiger partial charge in [-0.3, -0.25) is 4.79 Å². The maximum atomic E-state index is 12.2. The summed E-state index contributed by atoms with van der Waals surface area (Å²) in [5, 5.41) is 0. The number of fused-ring (bicyclic) bond motifs is 1. The van der Waals surface area contributed by atoms with Crippen LogP contribution in [0.1, 0.15) is 24.8 Å². The van der Waals surface area contributed by atoms with E-state index in [0.717, 1.165) is 25.1 Å². The van der Waals surface area contributed by atoms with Gasteiger partial charge in [-0.1, -0.05) is 12.1 Å². The topological polar surface area (TPSA) is 29.5 Å². The van der Waals surface area contributed by atoms with E-state index in [2.05, 4.69) is 17.0 Å². The smallest absolute Gasteiger partial charge is 0.226 e. The van der Waals surface area contributed by atoms with Crippen LogP contribution < -0.4 is 4.74 Å². The summed E-state index contributed by atoms with van der Waals surface area (Å²) in [6, 6.07) is 8.59. The van der Waals surface area contributed by atoms with Crippen molar-refractivity contribution in [2.75, 3.05) is 13.7 Å². The molecular formula is C15H19NO2. The lowest BCUT2D eigenvalue weighted by Gasteiger charge is -2.14. The monoisotopic (exact) mass is 245 g/mol. The summed E-state index contributed by atoms with van der Waals surface area (Å²) in [5.41, 5.74) is 1.23. The third kappa shape index (κ3) is 1.98. The van der Waals surface area contributed by atoms with E-state index < -0.39 is 0 Å². The van der Waals surface area contributed by atoms with Crippen molar-refractivity contribution in [3.8, 4) is 5.75 Å². The number of benzene rings is 1. The van der Waals surface area contributed by atoms with E-state index >= 15 is 0 Å². The minimum Gasteiger partial charge on any atom is -0.497 e. The van der Waals surface area contributed by atoms with Gasteiger partial charge in [-0.2, -0.15) is 0 Å². The average Bonchev–Trinajstić information content (AvgIpc) is 2.95. The second kappa shape index (κ2) is 4.63. The first kappa shape index (κ1) is 11.6. The van der Waals surface area contributed by atoms with Crippen LogP contribution in [-0.4, -0.2) is 30.5 Å². The molecule has 2 fully saturated rings. The van der Waals surface area contributed by atoms with Crippen LogP contribution in [0.3, 0.4) is 0 Å². The van der Waals surface area contributed by atoms with Gasteiger partial charge in [-0.15, -0.1) is 0 Å². The van der Waals surface area contributed by atoms with Crippen LogP contribution >= 0.6 is 0 Å². The lowest BCUT2D eigenvalue weighted by Crippen LogP contribution is -2.29. The summed E-state index contributed by atoms with van der Waals surface area (Å²) in [7, 11) is 1.67. The summed E-state index contributed by atoms with van der Waals surface area (Å²) in [6.45, 7) is 0.975. The number of ether oxygens (including phenoxy) is 1. The van der Waals surface area contributed by atoms with Crippen LogP contribution in [-0.2, 0) is 11.2 Å². The van der Waals surface area contributed by atoms with Crippen molar-refractivity contribution in [3.63, 3.8) is 0 Å². The van der Waals surface area contributed by atoms with Crippen molar-refractivity contribution in [1.82, 2.24) is 4.90 Å². The quantitative estimate of drug-likeness (QED) is 0.817. The molecule has 3 nitrogen and oxygen atoms in total. The van der Waals surface area contributed by atoms with Gasteiger partial charge in [0.1, 0.15) is 5.75 Å². The van der Waals surface area contributed by atoms with Gasteiger partial charge in [0.2, 0.25) is 5.91 Å². The zero-order chi connectivity index (χ0) is 12.5. The molecule has 2 heterocycles. The van der Waals surface area contributed by atoms with Gasteiger partial charge in [0.15, 0.2) is 0 Å². The number of rotatable bonds is 3. The van der Waals surface area contributed by atoms with Gasteiger partial charge in [0, 0.05) is 18.5 Å². The maximum Gasteiger partial charge on any atom is 0.226 e. The molecule has 1 aromatic carbocycles. The lowest BCUT2D eigenvalue weighted by molar-refractivity contribution is -0.131. The first-order valence-corrected chi connectivity index (χ1v) is 6.71. The van der Waals surface area contributed by atoms with E-state index in [1.165, 1.54) is 18.4 Å². The Kier molecular flexibility index (Phi) is 2.98. The molecule has 0 bridgehead atoms. The zero-order valence-electron chi connectivity index (χ0n) is 10.8. The molecule has 0 saturated carbocycles. The molecule has 2 aliphatic rings. The molecule has 1 amide bonds. The van der Waals surface area contributed by atoms with Gasteiger partial charge in [0.25, 0.3) is 0 Å². The lowest BCUT2D eigenvalue weighted by atomic mass is 9.95. The molecule has 0 radical (unpaired) electrons. The van der Waals surface area contributed by atoms with E-state index in [9.17, 15) is 4.79 Å². The molecule has 0 N–H and O–H groups in total. The van der Waals surface area contributed by atoms with Crippen LogP contribution in [0, 0.1) is 5.92 Å². The van der Waals surface area contributed by atoms with Gasteiger partial charge in [-0.05, 0) is 43.4 Å². The maximum absolute atomic E-state index is 12.2. The van der Waals surface area contributed by atoms with Gasteiger partial charge < -0.3 is 9.64 Å². The molecule has 0 aromatic heterocycles. The number of carbonyl (C=O) groups is 1. The van der Waals surface area contributed by atoms with Gasteiger partial charge in [0.05, 0.1) is 7.11 Å². The molecule has 96 valence electrons. The highest BCUT2D eigenvalue weighted by Gasteiger charge is 2.41. The van der Waals surface area contributed by atoms with Crippen molar-refractivity contribution < 1.29 is 9.53 Å². The van der Waals surface area contributed by atoms with Crippen LogP contribution in [0.4, 0.5) is 0 Å². The first-order chi connectivity index (χ1) is 8.78. The second-order valence-electron chi connectivity index (χ2n) is 5.31. The minimum absolute atomic E-state index is 0.198. The zero-order valence-corrected chi connectivity index (χ0v) is 10.8. The van der Waals surface area contributed by atoms with Crippen LogP contribution in [0.25, 0.3) is 0 Å². The normalized spacial score (nSPS) is 26.5. The highest BCUT2D eigenvalue weighted by Crippen LogP contribution is 2.34. The predicted octanol–water partition coefficient (Wildman–Crippen LogP) is 2.25. The molecule has 1 aromatic rings. The number of hydrogen-bond donors (Lipinski definition) is 0. The third-order valence-electron chi connectivity index (χ3n) is 4.21. The Hall–Kier alpha value is -1.51. The highest BCUT2D eigenvalue weighted by molar-refractivity contribution is 5.82. The van der Waals surface area contributed by atoms with E-state index in [0.29, 0.717) is 11.9 Å². The van der Waals surface area contributed by atoms with E-state index in [1.807, 2.05) is 12.1 Å². The first-order valence-electron chi connectivity index (χ1n) is 6.71. The highest BCUT2D eigenvalue weighted by atomic mass is 16.5. The Morgan fingerprint density at radius 3 is 2.78 bits per heavy atom. The number of hydrogen-bond acceptors (Lipinski definition) is 2. The summed E-state index contributed by atoms with van der Waals surface area (Å²) in [6.07, 6.45) is 4.30. The Labute approximate surface area is 108 Å². The second-order valence-corrected chi connectivity index (χ2v) is 5.31. The van der Waals surface area contributed by atoms with Crippen LogP contribution in [0.2, 0.25) is 0 Å². The van der Waals surface area contributed by atoms with Crippen molar-refractivity contribution in [3.05, 3.63) is 29.8 Å². The fourth-order valence-electron chi connectivity index (χ4n) is 3.25. The van der Waals surface area contributed by atoms with E-state index in [1.54, 1.807) is 7.11 Å². The Bertz CT molecular complexity index is 440. The molecule has 18 heavy (non-hydrogen) atoms. The molecule has 2 atom stereocenters. The minimum atomic E-state index is 0.198. The Balaban J connectivity index is 1.67. The van der Waals surface area contributed by atoms with E-state index in [-0.39, 0.29) is 5.92 Å². The van der Waals surface area contributed by atoms with Gasteiger partial charge >= 0.3 is 0 Å². The molecule has 2 aliphatic heterocycles. The fourth-order valence-corrected chi connectivity index (χ4v) is 3.25. The fraction of sp³-hybridized carbons (Fsp3) is 0.533. The summed E-state index contributed by atoms with van der Waals surface area (Å²) in [4.78, 5) is 14.3. The van der Waals surface area contributed by atoms with E-state index in [4.69, 9.17) is 4.74 Å². The largest absolute Gasteiger partial charge is 0.497 e. The molecular weight excluding hydrogens is 226 g/mol. The number of carbonyl (C=O) groups excluding carboxylic acids is 1. The molecule has 0 unspecified atom stereocenters. The molecule has 2 saturated heterocycles. The van der Waals surface area contributed by atoms with Crippen molar-refractivity contribution >= 4 is 5.91 Å². The molecule has 3 heteroatoms. The third-order valence-corrected chi connectivity index (χ3v) is 4.21. The molecule has 0 spiro atoms. The number of methoxy groups -OCH3 is 1. The standard InChI is InChI=1S/C15H19NO2/c1-18-14-6-4-11(5-7-14)9-12-10-13-3-2-8-16(13)15(12)17/h4-7,12-13H,2-3,8-10H2,1H3/t12-,13-/m0/s1. The van der Waals surface area contributed by atoms with Crippen LogP contribution in [0.5, 0.6) is 5.75 Å². The summed E-state index contributed by atoms with van der Waals surface area (Å²) >= 11 is 0. The predicted molar refractivity (Wildman–Crippen MR) is 69.5 cm³/mol. The Morgan fingerprint density at radius 2 is 2.11 bits per heavy atom. The van der Waals surface area contributed by atoms with Crippen LogP contribution in [0.15, 0.2) is 24.3 Å². The number of nitrogens with zero attached hydrogens (tertiary/aromatic N) is 1. The van der Waals surface area contributed by atoms with Crippen molar-refractivity contribution in [2.45, 2.75) is 31.7 Å². The summed E-state index contributed by atoms with van der Waals surface area (Å²) in [5.74, 6) is 1.44. The SMILES string of the molecule is COc1ccc(C[C@H]2C[C@@H]3CCCN3C2=O)cc1. The van der Waals surface area contributed by atoms with Crippen molar-refractivity contribution in [1.29, 1.82) is 0 Å². The molecule has 0 aliphatic carbocycles. The van der Waals surface area contributed by atoms with Gasteiger partial charge in [-0.25, -0.2) is 0 Å². The molecule has 3 rings (SSSR count). The Morgan fingerprint density at radius 1 is 1.33 bits per heavy atom.